The van der Waals surface area contributed by atoms with Crippen LogP contribution in [0.5, 0.6) is 0 Å². The highest BCUT2D eigenvalue weighted by atomic mass is 32.2. The molecule has 1 aromatic carbocycles. The molecule has 2 rings (SSSR count). The van der Waals surface area contributed by atoms with Gasteiger partial charge in [0.15, 0.2) is 9.84 Å². The number of benzene rings is 1. The van der Waals surface area contributed by atoms with E-state index < -0.39 is 21.7 Å². The summed E-state index contributed by atoms with van der Waals surface area (Å²) in [5.41, 5.74) is 5.80. The van der Waals surface area contributed by atoms with Crippen molar-refractivity contribution < 1.29 is 22.7 Å². The molecule has 1 amide bonds. The maximum Gasteiger partial charge on any atom is 0.338 e. The Kier molecular flexibility index (Phi) is 5.88. The minimum Gasteiger partial charge on any atom is -0.462 e. The van der Waals surface area contributed by atoms with Crippen LogP contribution in [0, 0.1) is 0 Å². The molecule has 0 saturated heterocycles. The molecule has 25 heavy (non-hydrogen) atoms. The monoisotopic (exact) mass is 383 g/mol. The van der Waals surface area contributed by atoms with Crippen molar-refractivity contribution in [2.75, 3.05) is 18.2 Å². The number of ether oxygens (including phenoxy) is 1. The highest BCUT2D eigenvalue weighted by Crippen LogP contribution is 2.21. The largest absolute Gasteiger partial charge is 0.462 e. The van der Waals surface area contributed by atoms with E-state index in [1.54, 1.807) is 12.3 Å². The summed E-state index contributed by atoms with van der Waals surface area (Å²) in [7, 11) is -3.59. The number of aromatic nitrogens is 1. The lowest BCUT2D eigenvalue weighted by molar-refractivity contribution is 0.0526. The summed E-state index contributed by atoms with van der Waals surface area (Å²) in [6.45, 7) is 2.00. The molecule has 2 aromatic rings. The van der Waals surface area contributed by atoms with E-state index in [1.807, 2.05) is 0 Å². The van der Waals surface area contributed by atoms with Crippen molar-refractivity contribution >= 4 is 38.7 Å². The third-order valence-corrected chi connectivity index (χ3v) is 5.03. The number of rotatable bonds is 6. The van der Waals surface area contributed by atoms with Crippen molar-refractivity contribution in [2.24, 2.45) is 5.73 Å². The van der Waals surface area contributed by atoms with Crippen LogP contribution in [0.1, 0.15) is 32.8 Å². The van der Waals surface area contributed by atoms with Gasteiger partial charge >= 0.3 is 5.97 Å². The van der Waals surface area contributed by atoms with E-state index in [9.17, 15) is 18.0 Å². The molecule has 1 aromatic heterocycles. The number of nitrogens with one attached hydrogen (secondary N) is 1. The quantitative estimate of drug-likeness (QED) is 0.722. The molecule has 0 atom stereocenters. The SMILES string of the molecule is CCOC(=O)c1cc(NC(=O)c2csc(CN)n2)cc(S(C)(=O)=O)c1. The lowest BCUT2D eigenvalue weighted by Crippen LogP contribution is -2.14. The normalized spacial score (nSPS) is 11.2. The summed E-state index contributed by atoms with van der Waals surface area (Å²) in [4.78, 5) is 28.1. The van der Waals surface area contributed by atoms with Crippen LogP contribution in [0.15, 0.2) is 28.5 Å². The Hall–Kier alpha value is -2.30. The lowest BCUT2D eigenvalue weighted by Gasteiger charge is -2.09. The number of anilines is 1. The fourth-order valence-corrected chi connectivity index (χ4v) is 3.26. The van der Waals surface area contributed by atoms with Crippen LogP contribution in [-0.4, -0.2) is 38.1 Å². The summed E-state index contributed by atoms with van der Waals surface area (Å²) >= 11 is 1.24. The number of sulfone groups is 1. The number of esters is 1. The van der Waals surface area contributed by atoms with Crippen molar-refractivity contribution in [3.63, 3.8) is 0 Å². The van der Waals surface area contributed by atoms with Crippen molar-refractivity contribution in [2.45, 2.75) is 18.4 Å². The summed E-state index contributed by atoms with van der Waals surface area (Å²) in [6.07, 6.45) is 1.01. The van der Waals surface area contributed by atoms with Crippen molar-refractivity contribution in [3.8, 4) is 0 Å². The van der Waals surface area contributed by atoms with Gasteiger partial charge in [0, 0.05) is 23.9 Å². The number of hydrogen-bond donors (Lipinski definition) is 2. The molecule has 3 N–H and O–H groups in total. The van der Waals surface area contributed by atoms with Gasteiger partial charge in [0.1, 0.15) is 10.7 Å². The molecule has 0 saturated carbocycles. The number of nitrogens with zero attached hydrogens (tertiary/aromatic N) is 1. The molecule has 0 aliphatic rings. The third kappa shape index (κ3) is 4.84. The van der Waals surface area contributed by atoms with Gasteiger partial charge in [0.25, 0.3) is 5.91 Å². The Morgan fingerprint density at radius 2 is 2.04 bits per heavy atom. The molecular formula is C15H17N3O5S2. The van der Waals surface area contributed by atoms with Crippen LogP contribution in [0.25, 0.3) is 0 Å². The van der Waals surface area contributed by atoms with Crippen LogP contribution in [0.3, 0.4) is 0 Å². The highest BCUT2D eigenvalue weighted by molar-refractivity contribution is 7.90. The minimum atomic E-state index is -3.59. The van der Waals surface area contributed by atoms with Crippen molar-refractivity contribution in [3.05, 3.63) is 39.8 Å². The molecule has 0 aliphatic heterocycles. The van der Waals surface area contributed by atoms with E-state index in [1.165, 1.54) is 29.5 Å². The smallest absolute Gasteiger partial charge is 0.338 e. The van der Waals surface area contributed by atoms with Crippen LogP contribution in [0.4, 0.5) is 5.69 Å². The van der Waals surface area contributed by atoms with Crippen LogP contribution in [-0.2, 0) is 21.1 Å². The topological polar surface area (TPSA) is 128 Å². The second-order valence-corrected chi connectivity index (χ2v) is 7.98. The molecule has 8 nitrogen and oxygen atoms in total. The fourth-order valence-electron chi connectivity index (χ4n) is 1.92. The van der Waals surface area contributed by atoms with Gasteiger partial charge in [0.2, 0.25) is 0 Å². The van der Waals surface area contributed by atoms with Crippen LogP contribution >= 0.6 is 11.3 Å². The van der Waals surface area contributed by atoms with Gasteiger partial charge < -0.3 is 15.8 Å². The molecule has 0 fully saturated rings. The Labute approximate surface area is 148 Å². The highest BCUT2D eigenvalue weighted by Gasteiger charge is 2.17. The first-order valence-electron chi connectivity index (χ1n) is 7.22. The summed E-state index contributed by atoms with van der Waals surface area (Å²) in [5.74, 6) is -1.21. The molecule has 0 bridgehead atoms. The van der Waals surface area contributed by atoms with E-state index in [-0.39, 0.29) is 35.0 Å². The Bertz CT molecular complexity index is 906. The summed E-state index contributed by atoms with van der Waals surface area (Å²) in [5, 5.41) is 4.68. The molecule has 10 heteroatoms. The minimum absolute atomic E-state index is 0.0287. The molecule has 0 aliphatic carbocycles. The zero-order valence-corrected chi connectivity index (χ0v) is 15.2. The van der Waals surface area contributed by atoms with Gasteiger partial charge in [-0.2, -0.15) is 0 Å². The molecule has 0 spiro atoms. The maximum atomic E-state index is 12.2. The van der Waals surface area contributed by atoms with Gasteiger partial charge in [-0.15, -0.1) is 11.3 Å². The number of hydrogen-bond acceptors (Lipinski definition) is 8. The summed E-state index contributed by atoms with van der Waals surface area (Å²) < 4.78 is 28.5. The first kappa shape index (κ1) is 19.0. The first-order valence-corrected chi connectivity index (χ1v) is 9.99. The van der Waals surface area contributed by atoms with Gasteiger partial charge in [0.05, 0.1) is 17.1 Å². The van der Waals surface area contributed by atoms with Crippen molar-refractivity contribution in [1.29, 1.82) is 0 Å². The summed E-state index contributed by atoms with van der Waals surface area (Å²) in [6, 6.07) is 3.82. The van der Waals surface area contributed by atoms with Gasteiger partial charge in [-0.1, -0.05) is 0 Å². The fraction of sp³-hybridized carbons (Fsp3) is 0.267. The van der Waals surface area contributed by atoms with Crippen LogP contribution in [0.2, 0.25) is 0 Å². The second-order valence-electron chi connectivity index (χ2n) is 5.02. The number of amides is 1. The van der Waals surface area contributed by atoms with E-state index in [4.69, 9.17) is 10.5 Å². The standard InChI is InChI=1S/C15H17N3O5S2/c1-3-23-15(20)9-4-10(6-11(5-9)25(2,21)22)17-14(19)12-8-24-13(7-16)18-12/h4-6,8H,3,7,16H2,1-2H3,(H,17,19). The van der Waals surface area contributed by atoms with E-state index >= 15 is 0 Å². The van der Waals surface area contributed by atoms with E-state index in [2.05, 4.69) is 10.3 Å². The van der Waals surface area contributed by atoms with Gasteiger partial charge in [-0.05, 0) is 25.1 Å². The number of thiazole rings is 1. The van der Waals surface area contributed by atoms with Crippen molar-refractivity contribution in [1.82, 2.24) is 4.98 Å². The predicted molar refractivity (Wildman–Crippen MR) is 93.5 cm³/mol. The molecule has 0 unspecified atom stereocenters. The average Bonchev–Trinajstić information content (AvgIpc) is 3.03. The third-order valence-electron chi connectivity index (χ3n) is 3.06. The Balaban J connectivity index is 2.37. The number of nitrogens with two attached hydrogens (primary N) is 1. The predicted octanol–water partition coefficient (Wildman–Crippen LogP) is 1.43. The van der Waals surface area contributed by atoms with Gasteiger partial charge in [-0.25, -0.2) is 18.2 Å². The Morgan fingerprint density at radius 1 is 1.32 bits per heavy atom. The number of carbonyl (C=O) groups is 2. The number of carbonyl (C=O) groups excluding carboxylic acids is 2. The molecule has 0 radical (unpaired) electrons. The molecule has 134 valence electrons. The van der Waals surface area contributed by atoms with Gasteiger partial charge in [-0.3, -0.25) is 4.79 Å². The maximum absolute atomic E-state index is 12.2. The van der Waals surface area contributed by atoms with E-state index in [0.29, 0.717) is 5.01 Å². The first-order chi connectivity index (χ1) is 11.7. The van der Waals surface area contributed by atoms with Crippen LogP contribution < -0.4 is 11.1 Å². The molecule has 1 heterocycles. The average molecular weight is 383 g/mol. The zero-order chi connectivity index (χ0) is 18.6. The second kappa shape index (κ2) is 7.72. The zero-order valence-electron chi connectivity index (χ0n) is 13.6. The Morgan fingerprint density at radius 3 is 2.60 bits per heavy atom. The molecular weight excluding hydrogens is 366 g/mol. The van der Waals surface area contributed by atoms with E-state index in [0.717, 1.165) is 6.26 Å². The lowest BCUT2D eigenvalue weighted by atomic mass is 10.2.